The number of hydrogen-bond donors (Lipinski definition) is 2. The molecule has 7 heteroatoms. The topological polar surface area (TPSA) is 86.8 Å². The Morgan fingerprint density at radius 2 is 1.92 bits per heavy atom. The summed E-state index contributed by atoms with van der Waals surface area (Å²) in [5.74, 6) is 1.94. The third-order valence-electron chi connectivity index (χ3n) is 4.42. The second-order valence-electron chi connectivity index (χ2n) is 6.22. The van der Waals surface area contributed by atoms with Gasteiger partial charge in [0.05, 0.1) is 12.1 Å². The normalized spacial score (nSPS) is 13.8. The molecule has 0 bridgehead atoms. The Morgan fingerprint density at radius 3 is 2.73 bits per heavy atom. The minimum atomic E-state index is 0.0284. The molecule has 1 aliphatic rings. The maximum atomic E-state index is 12.7. The number of likely N-dealkylation sites (tertiary alicyclic amines) is 1. The second kappa shape index (κ2) is 7.35. The molecular weight excluding hydrogens is 328 g/mol. The van der Waals surface area contributed by atoms with Gasteiger partial charge in [-0.15, -0.1) is 0 Å². The molecule has 2 aromatic heterocycles. The summed E-state index contributed by atoms with van der Waals surface area (Å²) in [7, 11) is 0. The lowest BCUT2D eigenvalue weighted by molar-refractivity contribution is 0.0793. The molecule has 0 spiro atoms. The van der Waals surface area contributed by atoms with Gasteiger partial charge in [0.15, 0.2) is 5.82 Å². The Morgan fingerprint density at radius 1 is 1.12 bits per heavy atom. The van der Waals surface area contributed by atoms with Crippen molar-refractivity contribution in [2.45, 2.75) is 19.4 Å². The molecule has 0 atom stereocenters. The molecule has 3 aromatic rings. The van der Waals surface area contributed by atoms with Crippen LogP contribution in [0.5, 0.6) is 0 Å². The van der Waals surface area contributed by atoms with Crippen LogP contribution >= 0.6 is 0 Å². The lowest BCUT2D eigenvalue weighted by Crippen LogP contribution is -2.28. The van der Waals surface area contributed by atoms with E-state index in [-0.39, 0.29) is 5.91 Å². The van der Waals surface area contributed by atoms with E-state index in [0.717, 1.165) is 31.5 Å². The van der Waals surface area contributed by atoms with Gasteiger partial charge in [-0.2, -0.15) is 5.10 Å². The highest BCUT2D eigenvalue weighted by molar-refractivity contribution is 5.98. The number of rotatable bonds is 5. The molecule has 0 radical (unpaired) electrons. The highest BCUT2D eigenvalue weighted by atomic mass is 16.2. The van der Waals surface area contributed by atoms with E-state index in [1.807, 2.05) is 41.3 Å². The number of H-pyrrole nitrogens is 1. The van der Waals surface area contributed by atoms with E-state index >= 15 is 0 Å². The summed E-state index contributed by atoms with van der Waals surface area (Å²) in [6, 6.07) is 13.4. The molecule has 1 aromatic carbocycles. The predicted molar refractivity (Wildman–Crippen MR) is 98.5 cm³/mol. The molecule has 0 unspecified atom stereocenters. The Labute approximate surface area is 151 Å². The standard InChI is InChI=1S/C19H20N6O/c26-19(25-11-4-5-12-25)15-9-6-10-20-18(15)21-13-16-22-17(24-23-16)14-7-2-1-3-8-14/h1-3,6-10H,4-5,11-13H2,(H,20,21)(H,22,23,24). The quantitative estimate of drug-likeness (QED) is 0.740. The smallest absolute Gasteiger partial charge is 0.257 e. The first-order chi connectivity index (χ1) is 12.8. The van der Waals surface area contributed by atoms with Crippen LogP contribution in [0.15, 0.2) is 48.7 Å². The monoisotopic (exact) mass is 348 g/mol. The number of aromatic amines is 1. The van der Waals surface area contributed by atoms with Crippen LogP contribution in [0, 0.1) is 0 Å². The summed E-state index contributed by atoms with van der Waals surface area (Å²) in [5, 5.41) is 10.4. The van der Waals surface area contributed by atoms with E-state index in [2.05, 4.69) is 25.5 Å². The number of benzene rings is 1. The van der Waals surface area contributed by atoms with Crippen LogP contribution < -0.4 is 5.32 Å². The lowest BCUT2D eigenvalue weighted by atomic mass is 10.2. The first-order valence-corrected chi connectivity index (χ1v) is 8.76. The van der Waals surface area contributed by atoms with Crippen molar-refractivity contribution >= 4 is 11.7 Å². The zero-order valence-corrected chi connectivity index (χ0v) is 14.4. The summed E-state index contributed by atoms with van der Waals surface area (Å²) >= 11 is 0. The minimum absolute atomic E-state index is 0.0284. The van der Waals surface area contributed by atoms with Crippen molar-refractivity contribution in [3.05, 3.63) is 60.0 Å². The average molecular weight is 348 g/mol. The number of amides is 1. The van der Waals surface area contributed by atoms with Crippen molar-refractivity contribution < 1.29 is 4.79 Å². The Balaban J connectivity index is 1.47. The van der Waals surface area contributed by atoms with E-state index in [9.17, 15) is 4.79 Å². The summed E-state index contributed by atoms with van der Waals surface area (Å²) in [6.07, 6.45) is 3.81. The van der Waals surface area contributed by atoms with Gasteiger partial charge in [-0.25, -0.2) is 9.97 Å². The number of nitrogens with zero attached hydrogens (tertiary/aromatic N) is 4. The van der Waals surface area contributed by atoms with Gasteiger partial charge in [0.25, 0.3) is 5.91 Å². The number of anilines is 1. The number of carbonyl (C=O) groups is 1. The Kier molecular flexibility index (Phi) is 4.59. The van der Waals surface area contributed by atoms with Gasteiger partial charge in [0, 0.05) is 24.8 Å². The summed E-state index contributed by atoms with van der Waals surface area (Å²) < 4.78 is 0. The van der Waals surface area contributed by atoms with Gasteiger partial charge < -0.3 is 10.2 Å². The van der Waals surface area contributed by atoms with E-state index in [1.54, 1.807) is 12.3 Å². The van der Waals surface area contributed by atoms with Crippen LogP contribution in [0.2, 0.25) is 0 Å². The fourth-order valence-electron chi connectivity index (χ4n) is 3.07. The number of hydrogen-bond acceptors (Lipinski definition) is 5. The lowest BCUT2D eigenvalue weighted by Gasteiger charge is -2.17. The highest BCUT2D eigenvalue weighted by Crippen LogP contribution is 2.19. The number of carbonyl (C=O) groups excluding carboxylic acids is 1. The fraction of sp³-hybridized carbons (Fsp3) is 0.263. The van der Waals surface area contributed by atoms with Crippen LogP contribution in [-0.4, -0.2) is 44.1 Å². The van der Waals surface area contributed by atoms with E-state index in [1.165, 1.54) is 0 Å². The summed E-state index contributed by atoms with van der Waals surface area (Å²) in [4.78, 5) is 23.4. The molecule has 1 aliphatic heterocycles. The van der Waals surface area contributed by atoms with E-state index in [0.29, 0.717) is 29.6 Å². The Hall–Kier alpha value is -3.22. The number of nitrogens with one attached hydrogen (secondary N) is 2. The van der Waals surface area contributed by atoms with Crippen molar-refractivity contribution in [3.63, 3.8) is 0 Å². The van der Waals surface area contributed by atoms with Crippen LogP contribution in [-0.2, 0) is 6.54 Å². The van der Waals surface area contributed by atoms with Gasteiger partial charge in [-0.05, 0) is 25.0 Å². The molecule has 26 heavy (non-hydrogen) atoms. The summed E-state index contributed by atoms with van der Waals surface area (Å²) in [5.41, 5.74) is 1.55. The third kappa shape index (κ3) is 3.42. The molecule has 2 N–H and O–H groups in total. The highest BCUT2D eigenvalue weighted by Gasteiger charge is 2.22. The second-order valence-corrected chi connectivity index (χ2v) is 6.22. The van der Waals surface area contributed by atoms with Crippen LogP contribution in [0.1, 0.15) is 29.0 Å². The van der Waals surface area contributed by atoms with Gasteiger partial charge in [0.1, 0.15) is 11.6 Å². The fourth-order valence-corrected chi connectivity index (χ4v) is 3.07. The Bertz CT molecular complexity index is 886. The molecule has 4 rings (SSSR count). The maximum absolute atomic E-state index is 12.7. The summed E-state index contributed by atoms with van der Waals surface area (Å²) in [6.45, 7) is 2.04. The van der Waals surface area contributed by atoms with E-state index < -0.39 is 0 Å². The van der Waals surface area contributed by atoms with Crippen molar-refractivity contribution in [2.24, 2.45) is 0 Å². The maximum Gasteiger partial charge on any atom is 0.257 e. The number of aromatic nitrogens is 4. The third-order valence-corrected chi connectivity index (χ3v) is 4.42. The molecule has 0 aliphatic carbocycles. The molecule has 1 saturated heterocycles. The van der Waals surface area contributed by atoms with Gasteiger partial charge >= 0.3 is 0 Å². The van der Waals surface area contributed by atoms with Gasteiger partial charge in [-0.1, -0.05) is 30.3 Å². The van der Waals surface area contributed by atoms with Crippen molar-refractivity contribution in [1.82, 2.24) is 25.1 Å². The molecule has 3 heterocycles. The first kappa shape index (κ1) is 16.3. The molecule has 0 saturated carbocycles. The zero-order chi connectivity index (χ0) is 17.8. The van der Waals surface area contributed by atoms with E-state index in [4.69, 9.17) is 0 Å². The number of pyridine rings is 1. The molecule has 1 amide bonds. The molecule has 7 nitrogen and oxygen atoms in total. The minimum Gasteiger partial charge on any atom is -0.362 e. The average Bonchev–Trinajstić information content (AvgIpc) is 3.39. The van der Waals surface area contributed by atoms with Crippen molar-refractivity contribution in [2.75, 3.05) is 18.4 Å². The van der Waals surface area contributed by atoms with Crippen LogP contribution in [0.4, 0.5) is 5.82 Å². The molecule has 132 valence electrons. The SMILES string of the molecule is O=C(c1cccnc1NCc1nc(-c2ccccc2)n[nH]1)N1CCCC1. The van der Waals surface area contributed by atoms with Crippen molar-refractivity contribution in [1.29, 1.82) is 0 Å². The van der Waals surface area contributed by atoms with Gasteiger partial charge in [0.2, 0.25) is 0 Å². The predicted octanol–water partition coefficient (Wildman–Crippen LogP) is 2.71. The molecule has 1 fully saturated rings. The largest absolute Gasteiger partial charge is 0.362 e. The zero-order valence-electron chi connectivity index (χ0n) is 14.4. The first-order valence-electron chi connectivity index (χ1n) is 8.76. The van der Waals surface area contributed by atoms with Crippen LogP contribution in [0.3, 0.4) is 0 Å². The van der Waals surface area contributed by atoms with Crippen molar-refractivity contribution in [3.8, 4) is 11.4 Å². The van der Waals surface area contributed by atoms with Crippen LogP contribution in [0.25, 0.3) is 11.4 Å². The molecular formula is C19H20N6O. The van der Waals surface area contributed by atoms with Gasteiger partial charge in [-0.3, -0.25) is 9.89 Å².